The molecule has 2 aromatic carbocycles. The number of H-pyrrole nitrogens is 1. The van der Waals surface area contributed by atoms with Gasteiger partial charge in [0.2, 0.25) is 0 Å². The average molecular weight is 375 g/mol. The Labute approximate surface area is 152 Å². The van der Waals surface area contributed by atoms with Gasteiger partial charge in [0.1, 0.15) is 5.69 Å². The topological polar surface area (TPSA) is 62.0 Å². The number of hydrogen-bond donors (Lipinski definition) is 2. The molecule has 130 valence electrons. The average Bonchev–Trinajstić information content (AvgIpc) is 2.97. The minimum absolute atomic E-state index is 0.186. The summed E-state index contributed by atoms with van der Waals surface area (Å²) in [5.41, 5.74) is 2.27. The van der Waals surface area contributed by atoms with Crippen molar-refractivity contribution in [1.29, 1.82) is 0 Å². The Hall–Kier alpha value is -2.24. The zero-order valence-corrected chi connectivity index (χ0v) is 15.6. The maximum atomic E-state index is 12.5. The van der Waals surface area contributed by atoms with Crippen molar-refractivity contribution in [2.45, 2.75) is 17.9 Å². The molecule has 3 rings (SSSR count). The molecular weight excluding hydrogens is 356 g/mol. The fourth-order valence-electron chi connectivity index (χ4n) is 2.63. The minimum Gasteiger partial charge on any atom is -0.351 e. The van der Waals surface area contributed by atoms with E-state index >= 15 is 0 Å². The van der Waals surface area contributed by atoms with Crippen molar-refractivity contribution in [3.8, 4) is 0 Å². The summed E-state index contributed by atoms with van der Waals surface area (Å²) in [7, 11) is -2.23. The Morgan fingerprint density at radius 1 is 1.20 bits per heavy atom. The molecule has 2 atom stereocenters. The lowest BCUT2D eigenvalue weighted by atomic mass is 10.1. The number of aromatic nitrogens is 1. The summed E-state index contributed by atoms with van der Waals surface area (Å²) in [4.78, 5) is 16.3. The first-order chi connectivity index (χ1) is 11.7. The molecule has 1 amide bonds. The van der Waals surface area contributed by atoms with Crippen LogP contribution in [0.15, 0.2) is 53.4 Å². The van der Waals surface area contributed by atoms with Crippen molar-refractivity contribution in [2.24, 2.45) is 0 Å². The number of aromatic amines is 1. The zero-order chi connectivity index (χ0) is 18.2. The molecule has 0 spiro atoms. The molecule has 25 heavy (non-hydrogen) atoms. The summed E-state index contributed by atoms with van der Waals surface area (Å²) in [6.45, 7) is 1.90. The van der Waals surface area contributed by atoms with Crippen LogP contribution in [-0.4, -0.2) is 27.2 Å². The molecule has 0 saturated heterocycles. The highest BCUT2D eigenvalue weighted by atomic mass is 35.5. The normalized spacial score (nSPS) is 14.8. The van der Waals surface area contributed by atoms with E-state index in [-0.39, 0.29) is 11.9 Å². The number of halogens is 1. The minimum atomic E-state index is -2.23. The fourth-order valence-corrected chi connectivity index (χ4v) is 3.52. The molecule has 0 radical (unpaired) electrons. The Bertz CT molecular complexity index is 1040. The molecule has 0 aliphatic rings. The van der Waals surface area contributed by atoms with Crippen LogP contribution < -0.4 is 5.32 Å². The van der Waals surface area contributed by atoms with Gasteiger partial charge in [-0.1, -0.05) is 23.7 Å². The molecule has 3 aromatic rings. The summed E-state index contributed by atoms with van der Waals surface area (Å²) in [5.74, 6) is 3.48. The highest BCUT2D eigenvalue weighted by Crippen LogP contribution is 2.21. The van der Waals surface area contributed by atoms with Crippen LogP contribution in [0.1, 0.15) is 29.0 Å². The molecule has 0 saturated carbocycles. The number of rotatable bonds is 4. The molecule has 4 nitrogen and oxygen atoms in total. The van der Waals surface area contributed by atoms with Crippen molar-refractivity contribution in [3.05, 3.63) is 64.8 Å². The summed E-state index contributed by atoms with van der Waals surface area (Å²) >= 11 is 5.98. The van der Waals surface area contributed by atoms with Crippen LogP contribution >= 0.6 is 11.6 Å². The van der Waals surface area contributed by atoms with Gasteiger partial charge < -0.3 is 10.3 Å². The van der Waals surface area contributed by atoms with Crippen molar-refractivity contribution < 1.29 is 9.00 Å². The van der Waals surface area contributed by atoms with Gasteiger partial charge in [0.15, 0.2) is 0 Å². The largest absolute Gasteiger partial charge is 0.351 e. The smallest absolute Gasteiger partial charge is 0.268 e. The Kier molecular flexibility index (Phi) is 4.62. The molecule has 0 bridgehead atoms. The second kappa shape index (κ2) is 6.58. The van der Waals surface area contributed by atoms with Crippen LogP contribution in [0.25, 0.3) is 10.9 Å². The quantitative estimate of drug-likeness (QED) is 0.677. The third kappa shape index (κ3) is 3.89. The van der Waals surface area contributed by atoms with Crippen molar-refractivity contribution in [3.63, 3.8) is 0 Å². The van der Waals surface area contributed by atoms with E-state index in [1.54, 1.807) is 30.5 Å². The number of fused-ring (bicyclic) bond motifs is 1. The van der Waals surface area contributed by atoms with Gasteiger partial charge in [0.25, 0.3) is 5.91 Å². The molecule has 2 N–H and O–H groups in total. The Morgan fingerprint density at radius 3 is 2.52 bits per heavy atom. The summed E-state index contributed by atoms with van der Waals surface area (Å²) in [6.07, 6.45) is 1.61. The van der Waals surface area contributed by atoms with Gasteiger partial charge in [-0.3, -0.25) is 9.00 Å². The van der Waals surface area contributed by atoms with Gasteiger partial charge in [-0.25, -0.2) is 0 Å². The predicted molar refractivity (Wildman–Crippen MR) is 105 cm³/mol. The molecule has 6 heteroatoms. The highest BCUT2D eigenvalue weighted by Gasteiger charge is 2.14. The van der Waals surface area contributed by atoms with Crippen LogP contribution in [-0.2, 0) is 9.52 Å². The van der Waals surface area contributed by atoms with E-state index in [0.29, 0.717) is 15.6 Å². The van der Waals surface area contributed by atoms with Gasteiger partial charge in [-0.05, 0) is 64.3 Å². The predicted octanol–water partition coefficient (Wildman–Crippen LogP) is 4.02. The molecule has 0 fully saturated rings. The van der Waals surface area contributed by atoms with Crippen LogP contribution in [0.3, 0.4) is 0 Å². The van der Waals surface area contributed by atoms with E-state index in [4.69, 9.17) is 11.6 Å². The summed E-state index contributed by atoms with van der Waals surface area (Å²) in [5, 5.41) is 4.48. The van der Waals surface area contributed by atoms with E-state index in [9.17, 15) is 9.00 Å². The van der Waals surface area contributed by atoms with Crippen molar-refractivity contribution >= 4 is 43.8 Å². The maximum absolute atomic E-state index is 12.5. The molecule has 1 heterocycles. The van der Waals surface area contributed by atoms with Crippen molar-refractivity contribution in [2.75, 3.05) is 6.26 Å². The number of amides is 1. The van der Waals surface area contributed by atoms with E-state index < -0.39 is 9.52 Å². The lowest BCUT2D eigenvalue weighted by molar-refractivity contribution is 0.0935. The Morgan fingerprint density at radius 2 is 1.88 bits per heavy atom. The van der Waals surface area contributed by atoms with Crippen LogP contribution in [0.4, 0.5) is 0 Å². The molecule has 1 aromatic heterocycles. The molecule has 0 aliphatic carbocycles. The van der Waals surface area contributed by atoms with Crippen LogP contribution in [0.5, 0.6) is 0 Å². The van der Waals surface area contributed by atoms with Gasteiger partial charge in [-0.15, -0.1) is 0 Å². The summed E-state index contributed by atoms with van der Waals surface area (Å²) in [6, 6.07) is 14.3. The first kappa shape index (κ1) is 17.6. The molecule has 0 aliphatic heterocycles. The Balaban J connectivity index is 1.77. The van der Waals surface area contributed by atoms with E-state index in [1.165, 1.54) is 0 Å². The van der Waals surface area contributed by atoms with Crippen LogP contribution in [0.2, 0.25) is 5.02 Å². The number of carbonyl (C=O) groups excluding carboxylic acids is 1. The zero-order valence-electron chi connectivity index (χ0n) is 14.0. The van der Waals surface area contributed by atoms with Gasteiger partial charge in [-0.2, -0.15) is 0 Å². The SMILES string of the molecule is C=S(C)(=O)c1ccc(C(C)NC(=O)c2cc3cc(Cl)ccc3[nH]2)cc1. The lowest BCUT2D eigenvalue weighted by Crippen LogP contribution is -2.26. The van der Waals surface area contributed by atoms with Crippen LogP contribution in [0, 0.1) is 0 Å². The second-order valence-electron chi connectivity index (χ2n) is 6.18. The van der Waals surface area contributed by atoms with Crippen molar-refractivity contribution in [1.82, 2.24) is 10.3 Å². The standard InChI is InChI=1S/C19H19ClN2O2S/c1-12(13-4-7-16(8-5-13)25(2,3)24)21-19(23)18-11-14-10-15(20)6-9-17(14)22-18/h4-12,22H,2H2,1,3H3,(H,21,23). The van der Waals surface area contributed by atoms with E-state index in [1.807, 2.05) is 31.2 Å². The second-order valence-corrected chi connectivity index (χ2v) is 9.10. The van der Waals surface area contributed by atoms with Gasteiger partial charge in [0.05, 0.1) is 6.04 Å². The lowest BCUT2D eigenvalue weighted by Gasteiger charge is -2.14. The first-order valence-corrected chi connectivity index (χ1v) is 10.3. The maximum Gasteiger partial charge on any atom is 0.268 e. The fraction of sp³-hybridized carbons (Fsp3) is 0.158. The third-order valence-electron chi connectivity index (χ3n) is 4.05. The monoisotopic (exact) mass is 374 g/mol. The number of carbonyl (C=O) groups is 1. The van der Waals surface area contributed by atoms with E-state index in [0.717, 1.165) is 16.5 Å². The summed E-state index contributed by atoms with van der Waals surface area (Å²) < 4.78 is 11.9. The number of nitrogens with one attached hydrogen (secondary N) is 2. The van der Waals surface area contributed by atoms with E-state index in [2.05, 4.69) is 16.2 Å². The van der Waals surface area contributed by atoms with Gasteiger partial charge in [0, 0.05) is 27.1 Å². The highest BCUT2D eigenvalue weighted by molar-refractivity contribution is 7.99. The number of benzene rings is 2. The number of hydrogen-bond acceptors (Lipinski definition) is 2. The molecular formula is C19H19ClN2O2S. The third-order valence-corrected chi connectivity index (χ3v) is 5.56. The molecule has 2 unspecified atom stereocenters. The first-order valence-electron chi connectivity index (χ1n) is 7.75. The van der Waals surface area contributed by atoms with Gasteiger partial charge >= 0.3 is 0 Å².